The van der Waals surface area contributed by atoms with Crippen LogP contribution in [0, 0.1) is 12.3 Å². The van der Waals surface area contributed by atoms with Gasteiger partial charge in [0, 0.05) is 10.1 Å². The molecule has 1 aromatic rings. The highest BCUT2D eigenvalue weighted by Gasteiger charge is 2.21. The van der Waals surface area contributed by atoms with E-state index in [4.69, 9.17) is 6.42 Å². The van der Waals surface area contributed by atoms with Gasteiger partial charge in [0.25, 0.3) is 0 Å². The molecule has 0 amide bonds. The highest BCUT2D eigenvalue weighted by molar-refractivity contribution is 8.00. The Kier molecular flexibility index (Phi) is 3.35. The second-order valence-electron chi connectivity index (χ2n) is 3.81. The first-order chi connectivity index (χ1) is 7.29. The van der Waals surface area contributed by atoms with E-state index in [1.807, 2.05) is 11.8 Å². The van der Waals surface area contributed by atoms with E-state index >= 15 is 0 Å². The Bertz CT molecular complexity index is 355. The predicted octanol–water partition coefficient (Wildman–Crippen LogP) is 2.48. The molecular weight excluding hydrogens is 204 g/mol. The summed E-state index contributed by atoms with van der Waals surface area (Å²) in [6.07, 6.45) is 7.37. The fourth-order valence-electron chi connectivity index (χ4n) is 1.84. The molecule has 0 spiro atoms. The lowest BCUT2D eigenvalue weighted by Gasteiger charge is -2.08. The highest BCUT2D eigenvalue weighted by atomic mass is 32.2. The predicted molar refractivity (Wildman–Crippen MR) is 63.9 cm³/mol. The molecule has 0 radical (unpaired) electrons. The average molecular weight is 218 g/mol. The summed E-state index contributed by atoms with van der Waals surface area (Å²) in [6, 6.07) is 8.50. The van der Waals surface area contributed by atoms with Gasteiger partial charge in [0.15, 0.2) is 0 Å². The zero-order valence-corrected chi connectivity index (χ0v) is 9.33. The number of fused-ring (bicyclic) bond motifs is 1. The molecular formula is C13H14OS. The van der Waals surface area contributed by atoms with Crippen LogP contribution < -0.4 is 0 Å². The van der Waals surface area contributed by atoms with E-state index in [2.05, 4.69) is 30.2 Å². The van der Waals surface area contributed by atoms with Crippen LogP contribution in [-0.2, 0) is 6.42 Å². The highest BCUT2D eigenvalue weighted by Crippen LogP contribution is 2.38. The molecule has 15 heavy (non-hydrogen) atoms. The van der Waals surface area contributed by atoms with Crippen molar-refractivity contribution in [3.8, 4) is 12.3 Å². The number of aliphatic hydroxyl groups is 1. The van der Waals surface area contributed by atoms with Crippen LogP contribution in [0.3, 0.4) is 0 Å². The topological polar surface area (TPSA) is 20.2 Å². The van der Waals surface area contributed by atoms with Crippen LogP contribution in [0.2, 0.25) is 0 Å². The van der Waals surface area contributed by atoms with E-state index in [0.29, 0.717) is 11.7 Å². The van der Waals surface area contributed by atoms with Crippen molar-refractivity contribution in [1.29, 1.82) is 0 Å². The van der Waals surface area contributed by atoms with Crippen LogP contribution in [0.1, 0.15) is 18.4 Å². The minimum Gasteiger partial charge on any atom is -0.380 e. The van der Waals surface area contributed by atoms with Gasteiger partial charge in [-0.25, -0.2) is 0 Å². The van der Waals surface area contributed by atoms with Gasteiger partial charge in [0.2, 0.25) is 0 Å². The van der Waals surface area contributed by atoms with Crippen molar-refractivity contribution in [2.24, 2.45) is 0 Å². The van der Waals surface area contributed by atoms with Gasteiger partial charge in [-0.1, -0.05) is 24.1 Å². The van der Waals surface area contributed by atoms with E-state index in [-0.39, 0.29) is 0 Å². The Balaban J connectivity index is 1.89. The Labute approximate surface area is 94.9 Å². The molecule has 0 bridgehead atoms. The van der Waals surface area contributed by atoms with E-state index in [9.17, 15) is 5.11 Å². The first kappa shape index (κ1) is 10.6. The average Bonchev–Trinajstić information content (AvgIpc) is 2.68. The Hall–Kier alpha value is -0.910. The lowest BCUT2D eigenvalue weighted by atomic mass is 10.1. The van der Waals surface area contributed by atoms with Crippen LogP contribution in [0.25, 0.3) is 0 Å². The van der Waals surface area contributed by atoms with Crippen molar-refractivity contribution < 1.29 is 5.11 Å². The van der Waals surface area contributed by atoms with Gasteiger partial charge in [0.05, 0.1) is 0 Å². The number of hydrogen-bond acceptors (Lipinski definition) is 2. The molecule has 0 aromatic heterocycles. The molecule has 2 unspecified atom stereocenters. The SMILES string of the molecule is C#CC(O)CCC1Cc2ccccc2S1. The summed E-state index contributed by atoms with van der Waals surface area (Å²) in [5.41, 5.74) is 1.43. The van der Waals surface area contributed by atoms with Crippen molar-refractivity contribution in [1.82, 2.24) is 0 Å². The van der Waals surface area contributed by atoms with Crippen LogP contribution in [-0.4, -0.2) is 16.5 Å². The number of hydrogen-bond donors (Lipinski definition) is 1. The summed E-state index contributed by atoms with van der Waals surface area (Å²) in [6.45, 7) is 0. The Morgan fingerprint density at radius 2 is 2.33 bits per heavy atom. The summed E-state index contributed by atoms with van der Waals surface area (Å²) in [5, 5.41) is 9.88. The van der Waals surface area contributed by atoms with Gasteiger partial charge in [-0.15, -0.1) is 18.2 Å². The molecule has 2 atom stereocenters. The smallest absolute Gasteiger partial charge is 0.114 e. The summed E-state index contributed by atoms with van der Waals surface area (Å²) < 4.78 is 0. The van der Waals surface area contributed by atoms with Gasteiger partial charge >= 0.3 is 0 Å². The third-order valence-electron chi connectivity index (χ3n) is 2.67. The van der Waals surface area contributed by atoms with Crippen LogP contribution in [0.5, 0.6) is 0 Å². The summed E-state index contributed by atoms with van der Waals surface area (Å²) in [5.74, 6) is 2.36. The third-order valence-corrected chi connectivity index (χ3v) is 4.06. The molecule has 0 fully saturated rings. The molecule has 1 heterocycles. The normalized spacial score (nSPS) is 20.7. The largest absolute Gasteiger partial charge is 0.380 e. The molecule has 78 valence electrons. The Morgan fingerprint density at radius 1 is 1.53 bits per heavy atom. The standard InChI is InChI=1S/C13H14OS/c1-2-11(14)7-8-12-9-10-5-3-4-6-13(10)15-12/h1,3-6,11-12,14H,7-9H2. The quantitative estimate of drug-likeness (QED) is 0.787. The van der Waals surface area contributed by atoms with Crippen LogP contribution >= 0.6 is 11.8 Å². The van der Waals surface area contributed by atoms with Crippen molar-refractivity contribution in [3.05, 3.63) is 29.8 Å². The van der Waals surface area contributed by atoms with Gasteiger partial charge in [-0.2, -0.15) is 0 Å². The summed E-state index contributed by atoms with van der Waals surface area (Å²) >= 11 is 1.91. The molecule has 0 saturated carbocycles. The van der Waals surface area contributed by atoms with Gasteiger partial charge in [0.1, 0.15) is 6.10 Å². The molecule has 1 aliphatic rings. The second-order valence-corrected chi connectivity index (χ2v) is 5.15. The zero-order chi connectivity index (χ0) is 10.7. The van der Waals surface area contributed by atoms with Crippen LogP contribution in [0.15, 0.2) is 29.2 Å². The molecule has 2 heteroatoms. The van der Waals surface area contributed by atoms with E-state index in [1.165, 1.54) is 10.5 Å². The first-order valence-electron chi connectivity index (χ1n) is 5.18. The molecule has 1 aliphatic heterocycles. The summed E-state index contributed by atoms with van der Waals surface area (Å²) in [7, 11) is 0. The molecule has 1 nitrogen and oxygen atoms in total. The maximum atomic E-state index is 9.29. The molecule has 0 saturated heterocycles. The van der Waals surface area contributed by atoms with E-state index in [0.717, 1.165) is 12.8 Å². The zero-order valence-electron chi connectivity index (χ0n) is 8.52. The first-order valence-corrected chi connectivity index (χ1v) is 6.06. The third kappa shape index (κ3) is 2.56. The number of rotatable bonds is 3. The van der Waals surface area contributed by atoms with Crippen molar-refractivity contribution in [3.63, 3.8) is 0 Å². The van der Waals surface area contributed by atoms with Crippen molar-refractivity contribution in [2.45, 2.75) is 35.5 Å². The number of thioether (sulfide) groups is 1. The second kappa shape index (κ2) is 4.74. The van der Waals surface area contributed by atoms with E-state index < -0.39 is 6.10 Å². The molecule has 1 N–H and O–H groups in total. The van der Waals surface area contributed by atoms with Crippen molar-refractivity contribution >= 4 is 11.8 Å². The number of aliphatic hydroxyl groups excluding tert-OH is 1. The molecule has 0 aliphatic carbocycles. The molecule has 2 rings (SSSR count). The lowest BCUT2D eigenvalue weighted by molar-refractivity contribution is 0.218. The van der Waals surface area contributed by atoms with Gasteiger partial charge in [-0.05, 0) is 30.9 Å². The van der Waals surface area contributed by atoms with Crippen molar-refractivity contribution in [2.75, 3.05) is 0 Å². The number of terminal acetylenes is 1. The fraction of sp³-hybridized carbons (Fsp3) is 0.385. The Morgan fingerprint density at radius 3 is 3.07 bits per heavy atom. The maximum absolute atomic E-state index is 9.29. The van der Waals surface area contributed by atoms with Gasteiger partial charge in [-0.3, -0.25) is 0 Å². The maximum Gasteiger partial charge on any atom is 0.114 e. The van der Waals surface area contributed by atoms with Gasteiger partial charge < -0.3 is 5.11 Å². The monoisotopic (exact) mass is 218 g/mol. The number of benzene rings is 1. The molecule has 1 aromatic carbocycles. The fourth-order valence-corrected chi connectivity index (χ4v) is 3.18. The summed E-state index contributed by atoms with van der Waals surface area (Å²) in [4.78, 5) is 1.39. The minimum atomic E-state index is -0.575. The van der Waals surface area contributed by atoms with E-state index in [1.54, 1.807) is 0 Å². The minimum absolute atomic E-state index is 0.575. The van der Waals surface area contributed by atoms with Crippen LogP contribution in [0.4, 0.5) is 0 Å². The lowest BCUT2D eigenvalue weighted by Crippen LogP contribution is -2.08.